The Kier molecular flexibility index (Phi) is 6.59. The first kappa shape index (κ1) is 14.1. The summed E-state index contributed by atoms with van der Waals surface area (Å²) in [4.78, 5) is 0. The molecule has 0 saturated carbocycles. The van der Waals surface area contributed by atoms with Crippen LogP contribution >= 0.6 is 0 Å². The standard InChI is InChI=1S/C3H8O8S3/c4-12(5)11-13(6)10-2-1-3-14(7,8)9/h1-3H2,(H,4,5)(H,7,8,9). The van der Waals surface area contributed by atoms with Crippen molar-refractivity contribution in [2.45, 2.75) is 6.42 Å². The SMILES string of the molecule is O=S(O)OS(=O)OCCCS(=O)(=O)O. The Hall–Kier alpha value is 0.0900. The van der Waals surface area contributed by atoms with Crippen LogP contribution in [0.1, 0.15) is 6.42 Å². The van der Waals surface area contributed by atoms with E-state index in [4.69, 9.17) is 9.11 Å². The third kappa shape index (κ3) is 10.2. The molecule has 0 aromatic heterocycles. The maximum absolute atomic E-state index is 10.5. The van der Waals surface area contributed by atoms with Gasteiger partial charge in [-0.3, -0.25) is 13.3 Å². The summed E-state index contributed by atoms with van der Waals surface area (Å²) in [5.74, 6) is -0.549. The van der Waals surface area contributed by atoms with Gasteiger partial charge in [0.15, 0.2) is 0 Å². The summed E-state index contributed by atoms with van der Waals surface area (Å²) >= 11 is -5.12. The Morgan fingerprint density at radius 3 is 2.29 bits per heavy atom. The zero-order valence-electron chi connectivity index (χ0n) is 6.69. The Morgan fingerprint density at radius 2 is 1.86 bits per heavy atom. The normalized spacial score (nSPS) is 16.4. The zero-order chi connectivity index (χ0) is 11.2. The van der Waals surface area contributed by atoms with Crippen LogP contribution in [0.15, 0.2) is 0 Å². The molecule has 0 aliphatic carbocycles. The van der Waals surface area contributed by atoms with Crippen molar-refractivity contribution < 1.29 is 33.8 Å². The fourth-order valence-corrected chi connectivity index (χ4v) is 1.71. The maximum Gasteiger partial charge on any atom is 0.320 e. The summed E-state index contributed by atoms with van der Waals surface area (Å²) in [5.41, 5.74) is 0. The Labute approximate surface area is 85.7 Å². The molecule has 0 spiro atoms. The molecular formula is C3H8O8S3. The summed E-state index contributed by atoms with van der Waals surface area (Å²) in [6.07, 6.45) is -0.105. The minimum Gasteiger partial charge on any atom is -0.286 e. The van der Waals surface area contributed by atoms with E-state index in [1.165, 1.54) is 0 Å². The van der Waals surface area contributed by atoms with Crippen LogP contribution in [0.4, 0.5) is 0 Å². The average molecular weight is 268 g/mol. The second-order valence-corrected chi connectivity index (χ2v) is 5.15. The molecule has 0 heterocycles. The van der Waals surface area contributed by atoms with Crippen LogP contribution in [0.2, 0.25) is 0 Å². The third-order valence-electron chi connectivity index (χ3n) is 0.840. The third-order valence-corrected chi connectivity index (χ3v) is 2.91. The van der Waals surface area contributed by atoms with E-state index in [0.717, 1.165) is 0 Å². The monoisotopic (exact) mass is 268 g/mol. The minimum atomic E-state index is -4.07. The van der Waals surface area contributed by atoms with Crippen LogP contribution in [0.5, 0.6) is 0 Å². The van der Waals surface area contributed by atoms with Gasteiger partial charge in [0, 0.05) is 0 Å². The fourth-order valence-electron chi connectivity index (χ4n) is 0.435. The molecule has 86 valence electrons. The Balaban J connectivity index is 3.56. The van der Waals surface area contributed by atoms with Crippen molar-refractivity contribution in [3.05, 3.63) is 0 Å². The maximum atomic E-state index is 10.5. The molecule has 0 aliphatic heterocycles. The number of rotatable bonds is 7. The topological polar surface area (TPSA) is 127 Å². The van der Waals surface area contributed by atoms with Crippen LogP contribution < -0.4 is 0 Å². The molecule has 2 atom stereocenters. The minimum absolute atomic E-state index is 0.105. The Bertz CT molecular complexity index is 306. The predicted octanol–water partition coefficient (Wildman–Crippen LogP) is -0.987. The van der Waals surface area contributed by atoms with Gasteiger partial charge in [0.25, 0.3) is 10.1 Å². The van der Waals surface area contributed by atoms with Crippen LogP contribution in [0.3, 0.4) is 0 Å². The molecule has 0 bridgehead atoms. The lowest BCUT2D eigenvalue weighted by atomic mass is 10.5. The van der Waals surface area contributed by atoms with E-state index in [1.807, 2.05) is 0 Å². The van der Waals surface area contributed by atoms with Crippen LogP contribution in [-0.4, -0.2) is 38.3 Å². The van der Waals surface area contributed by atoms with Gasteiger partial charge in [0.2, 0.25) is 0 Å². The van der Waals surface area contributed by atoms with E-state index in [-0.39, 0.29) is 13.0 Å². The lowest BCUT2D eigenvalue weighted by Gasteiger charge is -1.99. The van der Waals surface area contributed by atoms with Gasteiger partial charge in [0.05, 0.1) is 12.4 Å². The molecule has 2 unspecified atom stereocenters. The number of hydrogen-bond donors (Lipinski definition) is 2. The van der Waals surface area contributed by atoms with Crippen molar-refractivity contribution in [1.82, 2.24) is 0 Å². The molecule has 0 radical (unpaired) electrons. The Morgan fingerprint density at radius 1 is 1.29 bits per heavy atom. The van der Waals surface area contributed by atoms with Gasteiger partial charge >= 0.3 is 22.7 Å². The van der Waals surface area contributed by atoms with Gasteiger partial charge in [-0.15, -0.1) is 3.63 Å². The van der Waals surface area contributed by atoms with Crippen LogP contribution in [0.25, 0.3) is 0 Å². The summed E-state index contributed by atoms with van der Waals surface area (Å²) in [7, 11) is -4.07. The number of hydrogen-bond acceptors (Lipinski definition) is 6. The smallest absolute Gasteiger partial charge is 0.286 e. The lowest BCUT2D eigenvalue weighted by Crippen LogP contribution is -2.10. The van der Waals surface area contributed by atoms with Gasteiger partial charge in [-0.25, -0.2) is 0 Å². The molecule has 0 aliphatic rings. The summed E-state index contributed by atoms with van der Waals surface area (Å²) < 4.78 is 65.0. The van der Waals surface area contributed by atoms with Crippen molar-refractivity contribution >= 4 is 32.8 Å². The van der Waals surface area contributed by atoms with Crippen molar-refractivity contribution in [2.75, 3.05) is 12.4 Å². The van der Waals surface area contributed by atoms with Crippen molar-refractivity contribution in [3.8, 4) is 0 Å². The highest BCUT2D eigenvalue weighted by atomic mass is 32.3. The molecule has 0 fully saturated rings. The highest BCUT2D eigenvalue weighted by Gasteiger charge is 2.07. The molecule has 11 heteroatoms. The van der Waals surface area contributed by atoms with Crippen molar-refractivity contribution in [2.24, 2.45) is 0 Å². The summed E-state index contributed by atoms with van der Waals surface area (Å²) in [5, 5.41) is 0. The first-order valence-corrected chi connectivity index (χ1v) is 6.75. The van der Waals surface area contributed by atoms with E-state index in [1.54, 1.807) is 0 Å². The van der Waals surface area contributed by atoms with E-state index < -0.39 is 38.6 Å². The highest BCUT2D eigenvalue weighted by Crippen LogP contribution is 1.95. The second-order valence-electron chi connectivity index (χ2n) is 1.95. The molecule has 8 nitrogen and oxygen atoms in total. The molecular weight excluding hydrogens is 260 g/mol. The quantitative estimate of drug-likeness (QED) is 0.342. The molecule has 0 aromatic rings. The first-order chi connectivity index (χ1) is 6.31. The zero-order valence-corrected chi connectivity index (χ0v) is 9.14. The molecule has 14 heavy (non-hydrogen) atoms. The second kappa shape index (κ2) is 6.55. The molecule has 0 saturated heterocycles. The van der Waals surface area contributed by atoms with Crippen LogP contribution in [0, 0.1) is 0 Å². The van der Waals surface area contributed by atoms with Gasteiger partial charge in [0.1, 0.15) is 0 Å². The van der Waals surface area contributed by atoms with Crippen molar-refractivity contribution in [1.29, 1.82) is 0 Å². The van der Waals surface area contributed by atoms with Gasteiger partial charge < -0.3 is 0 Å². The van der Waals surface area contributed by atoms with E-state index >= 15 is 0 Å². The molecule has 2 N–H and O–H groups in total. The molecule has 0 aromatic carbocycles. The average Bonchev–Trinajstić information content (AvgIpc) is 1.95. The summed E-state index contributed by atoms with van der Waals surface area (Å²) in [6.45, 7) is -0.288. The van der Waals surface area contributed by atoms with Crippen LogP contribution in [-0.2, 0) is 40.7 Å². The fraction of sp³-hybridized carbons (Fsp3) is 1.00. The molecule has 0 rings (SSSR count). The largest absolute Gasteiger partial charge is 0.320 e. The van der Waals surface area contributed by atoms with Gasteiger partial charge in [-0.2, -0.15) is 16.8 Å². The van der Waals surface area contributed by atoms with Gasteiger partial charge in [-0.1, -0.05) is 0 Å². The van der Waals surface area contributed by atoms with E-state index in [9.17, 15) is 16.8 Å². The summed E-state index contributed by atoms with van der Waals surface area (Å²) in [6, 6.07) is 0. The van der Waals surface area contributed by atoms with Crippen molar-refractivity contribution in [3.63, 3.8) is 0 Å². The van der Waals surface area contributed by atoms with E-state index in [0.29, 0.717) is 0 Å². The van der Waals surface area contributed by atoms with Gasteiger partial charge in [-0.05, 0) is 6.42 Å². The molecule has 0 amide bonds. The lowest BCUT2D eigenvalue weighted by molar-refractivity contribution is 0.308. The predicted molar refractivity (Wildman–Crippen MR) is 47.0 cm³/mol. The van der Waals surface area contributed by atoms with E-state index in [2.05, 4.69) is 7.81 Å². The highest BCUT2D eigenvalue weighted by molar-refractivity contribution is 7.88. The first-order valence-electron chi connectivity index (χ1n) is 3.11.